The largest absolute Gasteiger partial charge is 0.466 e. The van der Waals surface area contributed by atoms with Crippen molar-refractivity contribution in [1.82, 2.24) is 9.47 Å². The van der Waals surface area contributed by atoms with Crippen LogP contribution >= 0.6 is 0 Å². The zero-order chi connectivity index (χ0) is 31.0. The number of likely N-dealkylation sites (tertiary alicyclic amines) is 1. The molecule has 2 aromatic rings. The lowest BCUT2D eigenvalue weighted by molar-refractivity contribution is -0.144. The smallest absolute Gasteiger partial charge is 0.305 e. The van der Waals surface area contributed by atoms with E-state index >= 15 is 0 Å². The van der Waals surface area contributed by atoms with Crippen LogP contribution in [0.3, 0.4) is 0 Å². The number of fused-ring (bicyclic) bond motifs is 2. The van der Waals surface area contributed by atoms with Gasteiger partial charge in [0.15, 0.2) is 5.78 Å². The Morgan fingerprint density at radius 2 is 1.70 bits per heavy atom. The van der Waals surface area contributed by atoms with E-state index in [2.05, 4.69) is 43.0 Å². The Morgan fingerprint density at radius 1 is 1.00 bits per heavy atom. The van der Waals surface area contributed by atoms with Crippen LogP contribution in [0.15, 0.2) is 30.3 Å². The van der Waals surface area contributed by atoms with Gasteiger partial charge in [0.25, 0.3) is 0 Å². The fraction of sp³-hybridized carbons (Fsp3) is 0.649. The molecule has 6 heteroatoms. The van der Waals surface area contributed by atoms with Gasteiger partial charge in [0, 0.05) is 47.8 Å². The van der Waals surface area contributed by atoms with E-state index in [1.165, 1.54) is 37.7 Å². The number of carbonyl (C=O) groups excluding carboxylic acids is 3. The molecule has 1 aliphatic heterocycles. The van der Waals surface area contributed by atoms with E-state index in [1.54, 1.807) is 0 Å². The zero-order valence-corrected chi connectivity index (χ0v) is 27.4. The first kappa shape index (κ1) is 33.2. The summed E-state index contributed by atoms with van der Waals surface area (Å²) in [5.74, 6) is 0.275. The number of esters is 1. The number of carbonyl (C=O) groups is 3. The molecule has 2 heterocycles. The number of nitrogens with zero attached hydrogens (tertiary/aromatic N) is 2. The SMILES string of the molecule is CCCCCCCCCC(=O)OCCC(C)(C)C(=O)n1c(C)c(CC)c2c1C[C@@H]1CCN(Cc3ccccc3)C[C@H]1C2=O. The summed E-state index contributed by atoms with van der Waals surface area (Å²) in [6.45, 7) is 13.0. The summed E-state index contributed by atoms with van der Waals surface area (Å²) in [4.78, 5) is 42.9. The molecule has 1 aliphatic carbocycles. The molecule has 0 radical (unpaired) electrons. The van der Waals surface area contributed by atoms with Crippen LogP contribution in [-0.2, 0) is 28.9 Å². The molecule has 236 valence electrons. The third-order valence-electron chi connectivity index (χ3n) is 9.87. The van der Waals surface area contributed by atoms with Gasteiger partial charge in [-0.15, -0.1) is 0 Å². The summed E-state index contributed by atoms with van der Waals surface area (Å²) in [6.07, 6.45) is 11.5. The zero-order valence-electron chi connectivity index (χ0n) is 27.4. The van der Waals surface area contributed by atoms with Crippen LogP contribution in [0.25, 0.3) is 0 Å². The highest BCUT2D eigenvalue weighted by molar-refractivity contribution is 6.04. The molecule has 43 heavy (non-hydrogen) atoms. The van der Waals surface area contributed by atoms with Crippen molar-refractivity contribution in [2.75, 3.05) is 19.7 Å². The summed E-state index contributed by atoms with van der Waals surface area (Å²) in [5.41, 5.74) is 4.18. The third kappa shape index (κ3) is 8.06. The molecule has 1 aromatic carbocycles. The van der Waals surface area contributed by atoms with Gasteiger partial charge in [0.2, 0.25) is 5.91 Å². The van der Waals surface area contributed by atoms with E-state index in [9.17, 15) is 14.4 Å². The Bertz CT molecular complexity index is 1250. The second-order valence-corrected chi connectivity index (χ2v) is 13.5. The van der Waals surface area contributed by atoms with Crippen LogP contribution in [0.4, 0.5) is 0 Å². The predicted octanol–water partition coefficient (Wildman–Crippen LogP) is 7.98. The minimum Gasteiger partial charge on any atom is -0.466 e. The number of hydrogen-bond acceptors (Lipinski definition) is 5. The van der Waals surface area contributed by atoms with Gasteiger partial charge in [0.1, 0.15) is 0 Å². The Morgan fingerprint density at radius 3 is 2.40 bits per heavy atom. The van der Waals surface area contributed by atoms with Gasteiger partial charge >= 0.3 is 5.97 Å². The van der Waals surface area contributed by atoms with Crippen LogP contribution in [0.1, 0.15) is 130 Å². The monoisotopic (exact) mass is 590 g/mol. The van der Waals surface area contributed by atoms with Gasteiger partial charge in [-0.2, -0.15) is 0 Å². The summed E-state index contributed by atoms with van der Waals surface area (Å²) in [7, 11) is 0. The standard InChI is InChI=1S/C37H54N2O4/c1-6-8-9-10-11-12-16-19-33(40)43-23-21-37(4,5)36(42)39-27(3)30(7-2)34-32(39)24-29-20-22-38(26-31(29)35(34)41)25-28-17-14-13-15-18-28/h13-15,17-18,29,31H,6-12,16,19-26H2,1-5H3/t29-,31+/m0/s1. The number of rotatable bonds is 15. The molecule has 0 unspecified atom stereocenters. The average molecular weight is 591 g/mol. The predicted molar refractivity (Wildman–Crippen MR) is 172 cm³/mol. The number of benzene rings is 1. The quantitative estimate of drug-likeness (QED) is 0.155. The summed E-state index contributed by atoms with van der Waals surface area (Å²) in [6, 6.07) is 10.5. The topological polar surface area (TPSA) is 68.6 Å². The molecule has 0 saturated carbocycles. The van der Waals surface area contributed by atoms with Crippen LogP contribution < -0.4 is 0 Å². The Kier molecular flexibility index (Phi) is 11.8. The molecule has 0 bridgehead atoms. The minimum atomic E-state index is -0.721. The Labute approximate surface area is 259 Å². The molecule has 1 fully saturated rings. The van der Waals surface area contributed by atoms with E-state index in [0.29, 0.717) is 12.8 Å². The second kappa shape index (κ2) is 15.3. The van der Waals surface area contributed by atoms with Crippen molar-refractivity contribution in [2.45, 2.75) is 118 Å². The van der Waals surface area contributed by atoms with Crippen molar-refractivity contribution in [2.24, 2.45) is 17.3 Å². The van der Waals surface area contributed by atoms with E-state index < -0.39 is 5.41 Å². The number of piperidine rings is 1. The number of unbranched alkanes of at least 4 members (excludes halogenated alkanes) is 6. The van der Waals surface area contributed by atoms with Gasteiger partial charge in [-0.25, -0.2) is 0 Å². The minimum absolute atomic E-state index is 0.00292. The van der Waals surface area contributed by atoms with Crippen LogP contribution in [0.2, 0.25) is 0 Å². The van der Waals surface area contributed by atoms with E-state index in [4.69, 9.17) is 4.74 Å². The van der Waals surface area contributed by atoms with E-state index in [0.717, 1.165) is 74.3 Å². The molecule has 6 nitrogen and oxygen atoms in total. The molecular weight excluding hydrogens is 536 g/mol. The molecule has 2 atom stereocenters. The highest BCUT2D eigenvalue weighted by Gasteiger charge is 2.44. The highest BCUT2D eigenvalue weighted by Crippen LogP contribution is 2.41. The van der Waals surface area contributed by atoms with Gasteiger partial charge in [-0.1, -0.05) is 96.6 Å². The molecule has 0 spiro atoms. The lowest BCUT2D eigenvalue weighted by Crippen LogP contribution is -2.47. The van der Waals surface area contributed by atoms with Crippen molar-refractivity contribution in [3.63, 3.8) is 0 Å². The summed E-state index contributed by atoms with van der Waals surface area (Å²) >= 11 is 0. The Balaban J connectivity index is 1.38. The number of aromatic nitrogens is 1. The summed E-state index contributed by atoms with van der Waals surface area (Å²) < 4.78 is 7.42. The van der Waals surface area contributed by atoms with Crippen LogP contribution in [-0.4, -0.2) is 46.8 Å². The Hall–Kier alpha value is -2.73. The number of ether oxygens (including phenoxy) is 1. The van der Waals surface area contributed by atoms with Crippen molar-refractivity contribution < 1.29 is 19.1 Å². The first-order valence-electron chi connectivity index (χ1n) is 16.9. The van der Waals surface area contributed by atoms with Gasteiger partial charge in [0.05, 0.1) is 6.61 Å². The fourth-order valence-corrected chi connectivity index (χ4v) is 7.15. The average Bonchev–Trinajstić information content (AvgIpc) is 3.27. The molecule has 0 N–H and O–H groups in total. The number of ketones is 1. The van der Waals surface area contributed by atoms with Crippen LogP contribution in [0, 0.1) is 24.2 Å². The molecule has 2 aliphatic rings. The lowest BCUT2D eigenvalue weighted by Gasteiger charge is -2.41. The highest BCUT2D eigenvalue weighted by atomic mass is 16.5. The first-order chi connectivity index (χ1) is 20.7. The van der Waals surface area contributed by atoms with Gasteiger partial charge < -0.3 is 4.74 Å². The maximum atomic E-state index is 14.1. The molecule has 1 aromatic heterocycles. The maximum absolute atomic E-state index is 14.1. The van der Waals surface area contributed by atoms with Crippen molar-refractivity contribution in [1.29, 1.82) is 0 Å². The number of Topliss-reactive ketones (excluding diaryl/α,β-unsaturated/α-hetero) is 1. The molecule has 0 amide bonds. The van der Waals surface area contributed by atoms with Crippen molar-refractivity contribution in [3.05, 3.63) is 58.4 Å². The fourth-order valence-electron chi connectivity index (χ4n) is 7.15. The second-order valence-electron chi connectivity index (χ2n) is 13.5. The van der Waals surface area contributed by atoms with Gasteiger partial charge in [-0.05, 0) is 62.6 Å². The normalized spacial score (nSPS) is 18.8. The van der Waals surface area contributed by atoms with E-state index in [-0.39, 0.29) is 36.1 Å². The van der Waals surface area contributed by atoms with Crippen molar-refractivity contribution >= 4 is 17.7 Å². The first-order valence-corrected chi connectivity index (χ1v) is 16.9. The van der Waals surface area contributed by atoms with Crippen molar-refractivity contribution in [3.8, 4) is 0 Å². The van der Waals surface area contributed by atoms with E-state index in [1.807, 2.05) is 31.4 Å². The third-order valence-corrected chi connectivity index (χ3v) is 9.87. The lowest BCUT2D eigenvalue weighted by atomic mass is 9.72. The number of hydrogen-bond donors (Lipinski definition) is 0. The summed E-state index contributed by atoms with van der Waals surface area (Å²) in [5, 5.41) is 0. The molecule has 1 saturated heterocycles. The molecular formula is C37H54N2O4. The maximum Gasteiger partial charge on any atom is 0.305 e. The van der Waals surface area contributed by atoms with Gasteiger partial charge in [-0.3, -0.25) is 23.9 Å². The molecule has 4 rings (SSSR count). The van der Waals surface area contributed by atoms with Crippen LogP contribution in [0.5, 0.6) is 0 Å².